The fourth-order valence-corrected chi connectivity index (χ4v) is 2.97. The van der Waals surface area contributed by atoms with Crippen LogP contribution in [0.4, 0.5) is 5.95 Å². The SMILES string of the molecule is Cc1nc2nc(N3CCCC(C)C3)[nH]n2c(=O)c1CCO. The molecule has 0 aromatic carbocycles. The number of anilines is 1. The molecule has 2 N–H and O–H groups in total. The van der Waals surface area contributed by atoms with Crippen LogP contribution in [0.1, 0.15) is 31.0 Å². The molecule has 7 nitrogen and oxygen atoms in total. The molecule has 0 saturated carbocycles. The third-order valence-electron chi connectivity index (χ3n) is 4.10. The Hall–Kier alpha value is -1.89. The second-order valence-corrected chi connectivity index (χ2v) is 5.83. The second kappa shape index (κ2) is 5.48. The van der Waals surface area contributed by atoms with Crippen LogP contribution in [0.2, 0.25) is 0 Å². The number of fused-ring (bicyclic) bond motifs is 1. The Morgan fingerprint density at radius 2 is 2.24 bits per heavy atom. The zero-order valence-electron chi connectivity index (χ0n) is 12.5. The van der Waals surface area contributed by atoms with Gasteiger partial charge in [0.2, 0.25) is 5.95 Å². The fraction of sp³-hybridized carbons (Fsp3) is 0.643. The summed E-state index contributed by atoms with van der Waals surface area (Å²) in [6.45, 7) is 5.83. The number of aryl methyl sites for hydroxylation is 1. The topological polar surface area (TPSA) is 86.5 Å². The Labute approximate surface area is 122 Å². The molecule has 1 aliphatic rings. The van der Waals surface area contributed by atoms with Crippen LogP contribution < -0.4 is 10.5 Å². The Bertz CT molecular complexity index is 705. The number of hydrogen-bond acceptors (Lipinski definition) is 5. The number of aliphatic hydroxyl groups excluding tert-OH is 1. The van der Waals surface area contributed by atoms with Gasteiger partial charge in [-0.05, 0) is 25.7 Å². The van der Waals surface area contributed by atoms with Crippen molar-refractivity contribution >= 4 is 11.7 Å². The molecule has 2 aromatic rings. The number of aromatic amines is 1. The van der Waals surface area contributed by atoms with E-state index in [1.54, 1.807) is 6.92 Å². The molecule has 1 unspecified atom stereocenters. The first-order valence-corrected chi connectivity index (χ1v) is 7.44. The number of nitrogens with one attached hydrogen (secondary N) is 1. The van der Waals surface area contributed by atoms with Crippen LogP contribution in [-0.4, -0.2) is 44.4 Å². The Morgan fingerprint density at radius 3 is 2.95 bits per heavy atom. The predicted octanol–water partition coefficient (Wildman–Crippen LogP) is 0.497. The first-order chi connectivity index (χ1) is 10.1. The summed E-state index contributed by atoms with van der Waals surface area (Å²) in [4.78, 5) is 23.4. The highest BCUT2D eigenvalue weighted by Gasteiger charge is 2.20. The third kappa shape index (κ3) is 2.53. The summed E-state index contributed by atoms with van der Waals surface area (Å²) in [6.07, 6.45) is 2.68. The first-order valence-electron chi connectivity index (χ1n) is 7.44. The van der Waals surface area contributed by atoms with E-state index >= 15 is 0 Å². The standard InChI is InChI=1S/C14H21N5O2/c1-9-4-3-6-18(8-9)14-16-13-15-10(2)11(5-7-20)12(21)19(13)17-14/h9,20H,3-8H2,1-2H3,(H,15,16,17). The monoisotopic (exact) mass is 291 g/mol. The molecular weight excluding hydrogens is 270 g/mol. The number of hydrogen-bond donors (Lipinski definition) is 2. The number of nitrogens with zero attached hydrogens (tertiary/aromatic N) is 4. The number of aromatic nitrogens is 4. The van der Waals surface area contributed by atoms with Crippen LogP contribution >= 0.6 is 0 Å². The van der Waals surface area contributed by atoms with Gasteiger partial charge in [0.15, 0.2) is 0 Å². The molecule has 7 heteroatoms. The van der Waals surface area contributed by atoms with Crippen molar-refractivity contribution in [1.29, 1.82) is 0 Å². The van der Waals surface area contributed by atoms with E-state index in [-0.39, 0.29) is 12.2 Å². The van der Waals surface area contributed by atoms with E-state index in [0.29, 0.717) is 35.3 Å². The van der Waals surface area contributed by atoms with Gasteiger partial charge in [-0.1, -0.05) is 6.92 Å². The van der Waals surface area contributed by atoms with E-state index in [0.717, 1.165) is 19.5 Å². The molecule has 3 rings (SSSR count). The van der Waals surface area contributed by atoms with Gasteiger partial charge in [-0.15, -0.1) is 0 Å². The largest absolute Gasteiger partial charge is 0.396 e. The minimum absolute atomic E-state index is 0.0611. The maximum Gasteiger partial charge on any atom is 0.277 e. The van der Waals surface area contributed by atoms with E-state index in [1.807, 2.05) is 0 Å². The zero-order chi connectivity index (χ0) is 15.0. The molecule has 1 aliphatic heterocycles. The molecule has 1 atom stereocenters. The maximum atomic E-state index is 12.4. The van der Waals surface area contributed by atoms with E-state index in [4.69, 9.17) is 5.11 Å². The number of aliphatic hydroxyl groups is 1. The van der Waals surface area contributed by atoms with Gasteiger partial charge in [-0.2, -0.15) is 9.50 Å². The van der Waals surface area contributed by atoms with Crippen molar-refractivity contribution in [3.05, 3.63) is 21.6 Å². The summed E-state index contributed by atoms with van der Waals surface area (Å²) in [5.74, 6) is 1.72. The molecule has 21 heavy (non-hydrogen) atoms. The lowest BCUT2D eigenvalue weighted by atomic mass is 10.0. The molecule has 1 fully saturated rings. The second-order valence-electron chi connectivity index (χ2n) is 5.83. The summed E-state index contributed by atoms with van der Waals surface area (Å²) in [5.41, 5.74) is 1.01. The minimum Gasteiger partial charge on any atom is -0.396 e. The smallest absolute Gasteiger partial charge is 0.277 e. The summed E-state index contributed by atoms with van der Waals surface area (Å²) in [6, 6.07) is 0. The van der Waals surface area contributed by atoms with E-state index in [2.05, 4.69) is 26.9 Å². The molecule has 0 bridgehead atoms. The molecule has 1 saturated heterocycles. The average molecular weight is 291 g/mol. The summed E-state index contributed by atoms with van der Waals surface area (Å²) >= 11 is 0. The highest BCUT2D eigenvalue weighted by Crippen LogP contribution is 2.20. The van der Waals surface area contributed by atoms with Crippen LogP contribution in [0.25, 0.3) is 5.78 Å². The minimum atomic E-state index is -0.171. The first kappa shape index (κ1) is 14.1. The van der Waals surface area contributed by atoms with Crippen molar-refractivity contribution < 1.29 is 5.11 Å². The summed E-state index contributed by atoms with van der Waals surface area (Å²) in [5, 5.41) is 12.1. The van der Waals surface area contributed by atoms with E-state index in [1.165, 1.54) is 10.9 Å². The lowest BCUT2D eigenvalue weighted by Gasteiger charge is -2.30. The van der Waals surface area contributed by atoms with Crippen molar-refractivity contribution in [2.45, 2.75) is 33.1 Å². The van der Waals surface area contributed by atoms with Crippen LogP contribution in [0, 0.1) is 12.8 Å². The predicted molar refractivity (Wildman–Crippen MR) is 79.7 cm³/mol. The molecule has 0 aliphatic carbocycles. The maximum absolute atomic E-state index is 12.4. The van der Waals surface area contributed by atoms with Crippen LogP contribution in [0.5, 0.6) is 0 Å². The molecular formula is C14H21N5O2. The van der Waals surface area contributed by atoms with Gasteiger partial charge in [0, 0.05) is 31.7 Å². The van der Waals surface area contributed by atoms with Crippen molar-refractivity contribution in [3.8, 4) is 0 Å². The quantitative estimate of drug-likeness (QED) is 0.860. The normalized spacial score (nSPS) is 19.4. The molecule has 3 heterocycles. The van der Waals surface area contributed by atoms with Gasteiger partial charge in [0.25, 0.3) is 11.3 Å². The highest BCUT2D eigenvalue weighted by molar-refractivity contribution is 5.41. The lowest BCUT2D eigenvalue weighted by Crippen LogP contribution is -2.35. The molecule has 0 spiro atoms. The lowest BCUT2D eigenvalue weighted by molar-refractivity contribution is 0.298. The fourth-order valence-electron chi connectivity index (χ4n) is 2.97. The van der Waals surface area contributed by atoms with Crippen molar-refractivity contribution in [3.63, 3.8) is 0 Å². The van der Waals surface area contributed by atoms with Crippen molar-refractivity contribution in [2.75, 3.05) is 24.6 Å². The van der Waals surface area contributed by atoms with Gasteiger partial charge >= 0.3 is 0 Å². The van der Waals surface area contributed by atoms with Crippen LogP contribution in [-0.2, 0) is 6.42 Å². The Kier molecular flexibility index (Phi) is 3.67. The summed E-state index contributed by atoms with van der Waals surface area (Å²) in [7, 11) is 0. The third-order valence-corrected chi connectivity index (χ3v) is 4.10. The molecule has 2 aromatic heterocycles. The highest BCUT2D eigenvalue weighted by atomic mass is 16.3. The molecule has 114 valence electrons. The van der Waals surface area contributed by atoms with E-state index in [9.17, 15) is 4.79 Å². The Morgan fingerprint density at radius 1 is 1.43 bits per heavy atom. The van der Waals surface area contributed by atoms with Gasteiger partial charge in [0.1, 0.15) is 0 Å². The van der Waals surface area contributed by atoms with Crippen LogP contribution in [0.3, 0.4) is 0 Å². The summed E-state index contributed by atoms with van der Waals surface area (Å²) < 4.78 is 1.38. The number of H-pyrrole nitrogens is 1. The zero-order valence-corrected chi connectivity index (χ0v) is 12.5. The van der Waals surface area contributed by atoms with Gasteiger partial charge in [0.05, 0.1) is 5.69 Å². The van der Waals surface area contributed by atoms with Gasteiger partial charge in [-0.3, -0.25) is 9.89 Å². The number of piperidine rings is 1. The van der Waals surface area contributed by atoms with Crippen molar-refractivity contribution in [2.24, 2.45) is 5.92 Å². The number of rotatable bonds is 3. The molecule has 0 radical (unpaired) electrons. The Balaban J connectivity index is 2.03. The average Bonchev–Trinajstić information content (AvgIpc) is 2.87. The van der Waals surface area contributed by atoms with Gasteiger partial charge in [-0.25, -0.2) is 4.98 Å². The van der Waals surface area contributed by atoms with E-state index < -0.39 is 0 Å². The van der Waals surface area contributed by atoms with Crippen LogP contribution in [0.15, 0.2) is 4.79 Å². The molecule has 0 amide bonds. The van der Waals surface area contributed by atoms with Crippen molar-refractivity contribution in [1.82, 2.24) is 19.6 Å². The van der Waals surface area contributed by atoms with Gasteiger partial charge < -0.3 is 10.0 Å².